The second-order valence-corrected chi connectivity index (χ2v) is 8.00. The van der Waals surface area contributed by atoms with Gasteiger partial charge in [-0.05, 0) is 52.3 Å². The van der Waals surface area contributed by atoms with E-state index < -0.39 is 0 Å². The van der Waals surface area contributed by atoms with E-state index in [4.69, 9.17) is 16.9 Å². The van der Waals surface area contributed by atoms with E-state index >= 15 is 0 Å². The molecule has 2 aromatic rings. The molecule has 0 spiro atoms. The largest absolute Gasteiger partial charge is 0.351 e. The van der Waals surface area contributed by atoms with E-state index in [-0.39, 0.29) is 11.3 Å². The highest BCUT2D eigenvalue weighted by atomic mass is 79.9. The first-order valence-corrected chi connectivity index (χ1v) is 9.58. The van der Waals surface area contributed by atoms with E-state index in [1.807, 2.05) is 26.1 Å². The Bertz CT molecular complexity index is 875. The number of hydrogen-bond acceptors (Lipinski definition) is 4. The number of carbonyl (C=O) groups excluding carboxylic acids is 1. The van der Waals surface area contributed by atoms with Crippen LogP contribution in [0.4, 0.5) is 5.69 Å². The first-order valence-electron chi connectivity index (χ1n) is 8.41. The van der Waals surface area contributed by atoms with Gasteiger partial charge in [0, 0.05) is 29.1 Å². The van der Waals surface area contributed by atoms with Gasteiger partial charge in [0.2, 0.25) is 5.96 Å². The summed E-state index contributed by atoms with van der Waals surface area (Å²) >= 11 is 9.11. The number of nitriles is 1. The van der Waals surface area contributed by atoms with Crippen molar-refractivity contribution in [2.45, 2.75) is 13.8 Å². The van der Waals surface area contributed by atoms with Gasteiger partial charge in [-0.15, -0.1) is 0 Å². The second-order valence-electron chi connectivity index (χ2n) is 6.75. The topological polar surface area (TPSA) is 102 Å². The van der Waals surface area contributed by atoms with Crippen molar-refractivity contribution >= 4 is 45.1 Å². The standard InChI is InChI=1S/C19H20BrClN6O/c1-19(2,10-24-17(28)13-3-5-14(21)6-4-13)11-25-18(26-12-22)27-15-7-8-16(20)23-9-15/h3-9H,10-11H2,1-2H3,(H,24,28)(H2,25,26,27). The van der Waals surface area contributed by atoms with Gasteiger partial charge in [-0.25, -0.2) is 4.98 Å². The van der Waals surface area contributed by atoms with Crippen LogP contribution in [-0.2, 0) is 0 Å². The highest BCUT2D eigenvalue weighted by molar-refractivity contribution is 9.10. The van der Waals surface area contributed by atoms with Crippen molar-refractivity contribution in [3.63, 3.8) is 0 Å². The number of guanidine groups is 1. The summed E-state index contributed by atoms with van der Waals surface area (Å²) in [6, 6.07) is 10.3. The minimum absolute atomic E-state index is 0.178. The van der Waals surface area contributed by atoms with E-state index in [1.54, 1.807) is 36.5 Å². The zero-order chi connectivity index (χ0) is 20.6. The van der Waals surface area contributed by atoms with Crippen LogP contribution in [0, 0.1) is 16.9 Å². The summed E-state index contributed by atoms with van der Waals surface area (Å²) in [7, 11) is 0. The van der Waals surface area contributed by atoms with E-state index in [2.05, 4.69) is 41.9 Å². The molecule has 28 heavy (non-hydrogen) atoms. The molecule has 0 bridgehead atoms. The van der Waals surface area contributed by atoms with Crippen molar-refractivity contribution in [3.05, 3.63) is 57.8 Å². The number of hydrogen-bond donors (Lipinski definition) is 3. The number of amides is 1. The molecule has 0 aliphatic carbocycles. The van der Waals surface area contributed by atoms with Gasteiger partial charge >= 0.3 is 0 Å². The Hall–Kier alpha value is -2.63. The number of pyridine rings is 1. The normalized spacial score (nSPS) is 11.5. The Morgan fingerprint density at radius 1 is 1.29 bits per heavy atom. The number of benzene rings is 1. The Kier molecular flexibility index (Phi) is 7.79. The zero-order valence-electron chi connectivity index (χ0n) is 15.5. The fourth-order valence-corrected chi connectivity index (χ4v) is 2.48. The van der Waals surface area contributed by atoms with E-state index in [1.165, 1.54) is 0 Å². The molecule has 0 aliphatic rings. The molecule has 0 radical (unpaired) electrons. The molecular weight excluding hydrogens is 444 g/mol. The maximum absolute atomic E-state index is 12.2. The van der Waals surface area contributed by atoms with Crippen LogP contribution in [0.1, 0.15) is 24.2 Å². The first-order chi connectivity index (χ1) is 13.3. The summed E-state index contributed by atoms with van der Waals surface area (Å²) in [5, 5.41) is 17.9. The Labute approximate surface area is 177 Å². The van der Waals surface area contributed by atoms with Crippen LogP contribution in [-0.4, -0.2) is 29.9 Å². The maximum Gasteiger partial charge on any atom is 0.251 e. The number of halogens is 2. The number of nitrogens with zero attached hydrogens (tertiary/aromatic N) is 3. The molecule has 146 valence electrons. The van der Waals surface area contributed by atoms with E-state index in [9.17, 15) is 4.79 Å². The minimum Gasteiger partial charge on any atom is -0.351 e. The lowest BCUT2D eigenvalue weighted by molar-refractivity contribution is 0.0938. The molecule has 2 rings (SSSR count). The van der Waals surface area contributed by atoms with E-state index in [0.717, 1.165) is 0 Å². The molecule has 9 heteroatoms. The van der Waals surface area contributed by atoms with Crippen LogP contribution >= 0.6 is 27.5 Å². The maximum atomic E-state index is 12.2. The molecule has 0 unspecified atom stereocenters. The number of nitrogens with one attached hydrogen (secondary N) is 3. The van der Waals surface area contributed by atoms with Crippen LogP contribution < -0.4 is 16.0 Å². The molecule has 1 amide bonds. The molecule has 0 aliphatic heterocycles. The monoisotopic (exact) mass is 462 g/mol. The SMILES string of the molecule is CC(C)(CN=C(NC#N)Nc1ccc(Br)nc1)CNC(=O)c1ccc(Cl)cc1. The van der Waals surface area contributed by atoms with Crippen molar-refractivity contribution < 1.29 is 4.79 Å². The lowest BCUT2D eigenvalue weighted by atomic mass is 9.93. The van der Waals surface area contributed by atoms with Crippen LogP contribution in [0.15, 0.2) is 52.2 Å². The van der Waals surface area contributed by atoms with Crippen LogP contribution in [0.3, 0.4) is 0 Å². The van der Waals surface area contributed by atoms with Gasteiger partial charge < -0.3 is 10.6 Å². The van der Waals surface area contributed by atoms with Crippen LogP contribution in [0.5, 0.6) is 0 Å². The molecule has 1 heterocycles. The number of carbonyl (C=O) groups is 1. The number of anilines is 1. The Balaban J connectivity index is 1.95. The van der Waals surface area contributed by atoms with Crippen LogP contribution in [0.2, 0.25) is 5.02 Å². The quantitative estimate of drug-likeness (QED) is 0.199. The van der Waals surface area contributed by atoms with Gasteiger partial charge in [-0.3, -0.25) is 15.1 Å². The molecule has 3 N–H and O–H groups in total. The van der Waals surface area contributed by atoms with Gasteiger partial charge in [-0.2, -0.15) is 5.26 Å². The van der Waals surface area contributed by atoms with Crippen molar-refractivity contribution in [2.24, 2.45) is 10.4 Å². The van der Waals surface area contributed by atoms with Crippen molar-refractivity contribution in [2.75, 3.05) is 18.4 Å². The lowest BCUT2D eigenvalue weighted by Crippen LogP contribution is -2.37. The van der Waals surface area contributed by atoms with Crippen molar-refractivity contribution in [3.8, 4) is 6.19 Å². The molecule has 1 aromatic heterocycles. The average molecular weight is 464 g/mol. The third-order valence-electron chi connectivity index (χ3n) is 3.66. The molecule has 1 aromatic carbocycles. The summed E-state index contributed by atoms with van der Waals surface area (Å²) in [4.78, 5) is 20.8. The molecule has 7 nitrogen and oxygen atoms in total. The summed E-state index contributed by atoms with van der Waals surface area (Å²) in [6.07, 6.45) is 3.48. The zero-order valence-corrected chi connectivity index (χ0v) is 17.8. The van der Waals surface area contributed by atoms with Gasteiger partial charge in [0.1, 0.15) is 4.60 Å². The third-order valence-corrected chi connectivity index (χ3v) is 4.38. The summed E-state index contributed by atoms with van der Waals surface area (Å²) < 4.78 is 0.711. The highest BCUT2D eigenvalue weighted by Crippen LogP contribution is 2.16. The van der Waals surface area contributed by atoms with Crippen molar-refractivity contribution in [1.82, 2.24) is 15.6 Å². The number of aromatic nitrogens is 1. The lowest BCUT2D eigenvalue weighted by Gasteiger charge is -2.23. The Morgan fingerprint density at radius 2 is 2.00 bits per heavy atom. The Morgan fingerprint density at radius 3 is 2.61 bits per heavy atom. The van der Waals surface area contributed by atoms with Crippen molar-refractivity contribution in [1.29, 1.82) is 5.26 Å². The number of rotatable bonds is 6. The molecule has 0 saturated heterocycles. The van der Waals surface area contributed by atoms with Crippen LogP contribution in [0.25, 0.3) is 0 Å². The van der Waals surface area contributed by atoms with Gasteiger partial charge in [-0.1, -0.05) is 25.4 Å². The summed E-state index contributed by atoms with van der Waals surface area (Å²) in [5.41, 5.74) is 0.905. The van der Waals surface area contributed by atoms with Gasteiger partial charge in [0.15, 0.2) is 6.19 Å². The fourth-order valence-electron chi connectivity index (χ4n) is 2.12. The average Bonchev–Trinajstić information content (AvgIpc) is 2.67. The fraction of sp³-hybridized carbons (Fsp3) is 0.263. The predicted octanol–water partition coefficient (Wildman–Crippen LogP) is 3.79. The molecule has 0 saturated carbocycles. The van der Waals surface area contributed by atoms with Gasteiger partial charge in [0.05, 0.1) is 11.9 Å². The molecule has 0 fully saturated rings. The smallest absolute Gasteiger partial charge is 0.251 e. The summed E-state index contributed by atoms with van der Waals surface area (Å²) in [6.45, 7) is 4.75. The highest BCUT2D eigenvalue weighted by Gasteiger charge is 2.19. The second kappa shape index (κ2) is 10.1. The first kappa shape index (κ1) is 21.7. The van der Waals surface area contributed by atoms with Gasteiger partial charge in [0.25, 0.3) is 5.91 Å². The molecule has 0 atom stereocenters. The number of aliphatic imine (C=N–C) groups is 1. The summed E-state index contributed by atoms with van der Waals surface area (Å²) in [5.74, 6) is 0.131. The predicted molar refractivity (Wildman–Crippen MR) is 114 cm³/mol. The third kappa shape index (κ3) is 7.18. The minimum atomic E-state index is -0.329. The van der Waals surface area contributed by atoms with E-state index in [0.29, 0.717) is 39.9 Å². The molecular formula is C19H20BrClN6O.